The van der Waals surface area contributed by atoms with Crippen LogP contribution in [0.5, 0.6) is 0 Å². The summed E-state index contributed by atoms with van der Waals surface area (Å²) >= 11 is 5.43. The summed E-state index contributed by atoms with van der Waals surface area (Å²) in [6.07, 6.45) is 3.69. The zero-order chi connectivity index (χ0) is 49.9. The average Bonchev–Trinajstić information content (AvgIpc) is 4.48. The lowest BCUT2D eigenvalue weighted by atomic mass is 9.94. The zero-order valence-corrected chi connectivity index (χ0v) is 42.5. The minimum absolute atomic E-state index is 0.270. The van der Waals surface area contributed by atoms with E-state index in [1.54, 1.807) is 22.7 Å². The lowest BCUT2D eigenvalue weighted by Gasteiger charge is -2.27. The van der Waals surface area contributed by atoms with E-state index in [0.717, 1.165) is 82.2 Å². The van der Waals surface area contributed by atoms with Crippen molar-refractivity contribution in [3.05, 3.63) is 223 Å². The fourth-order valence-electron chi connectivity index (χ4n) is 12.8. The molecular formula is C67H34N6S3. The number of thiophene rings is 3. The quantitative estimate of drug-likeness (QED) is 0.165. The predicted octanol–water partition coefficient (Wildman–Crippen LogP) is 19.6. The number of hydrogen-bond donors (Lipinski definition) is 0. The second-order valence-electron chi connectivity index (χ2n) is 19.5. The van der Waals surface area contributed by atoms with E-state index < -0.39 is 0 Å². The highest BCUT2D eigenvalue weighted by molar-refractivity contribution is 7.27. The smallest absolute Gasteiger partial charge is 0.232 e. The maximum Gasteiger partial charge on any atom is 0.232 e. The summed E-state index contributed by atoms with van der Waals surface area (Å²) in [5.74, 6) is 0. The molecule has 0 amide bonds. The zero-order valence-electron chi connectivity index (χ0n) is 40.0. The number of para-hydroxylation sites is 3. The van der Waals surface area contributed by atoms with Crippen LogP contribution in [0.15, 0.2) is 207 Å². The molecule has 17 aromatic rings. The third-order valence-corrected chi connectivity index (χ3v) is 19.4. The lowest BCUT2D eigenvalue weighted by molar-refractivity contribution is 1.08. The molecule has 0 saturated carbocycles. The Kier molecular flexibility index (Phi) is 8.51. The van der Waals surface area contributed by atoms with Crippen LogP contribution in [-0.4, -0.2) is 18.7 Å². The van der Waals surface area contributed by atoms with E-state index in [9.17, 15) is 11.8 Å². The van der Waals surface area contributed by atoms with E-state index in [-0.39, 0.29) is 5.69 Å². The normalized spacial score (nSPS) is 12.2. The van der Waals surface area contributed by atoms with E-state index in [1.807, 2.05) is 23.7 Å². The molecule has 7 aromatic heterocycles. The number of pyridine rings is 1. The first-order chi connectivity index (χ1) is 37.7. The molecule has 0 N–H and O–H groups in total. The van der Waals surface area contributed by atoms with Gasteiger partial charge in [0.15, 0.2) is 0 Å². The van der Waals surface area contributed by atoms with Gasteiger partial charge >= 0.3 is 0 Å². The minimum atomic E-state index is 0.270. The molecule has 0 aliphatic carbocycles. The van der Waals surface area contributed by atoms with Gasteiger partial charge in [0.2, 0.25) is 5.69 Å². The molecule has 76 heavy (non-hydrogen) atoms. The van der Waals surface area contributed by atoms with Crippen molar-refractivity contribution in [2.45, 2.75) is 0 Å². The average molecular weight is 1020 g/mol. The summed E-state index contributed by atoms with van der Waals surface area (Å²) in [5.41, 5.74) is 10.1. The molecule has 0 bridgehead atoms. The van der Waals surface area contributed by atoms with Crippen molar-refractivity contribution in [1.29, 1.82) is 5.26 Å². The van der Waals surface area contributed by atoms with Gasteiger partial charge in [0.1, 0.15) is 0 Å². The Morgan fingerprint density at radius 2 is 0.750 bits per heavy atom. The molecule has 0 unspecified atom stereocenters. The van der Waals surface area contributed by atoms with Gasteiger partial charge in [0.05, 0.1) is 68.4 Å². The number of hydrogen-bond acceptors (Lipinski definition) is 5. The predicted molar refractivity (Wildman–Crippen MR) is 322 cm³/mol. The van der Waals surface area contributed by atoms with Crippen LogP contribution >= 0.6 is 34.0 Å². The van der Waals surface area contributed by atoms with Gasteiger partial charge in [-0.15, -0.1) is 34.0 Å². The number of aromatic nitrogens is 4. The summed E-state index contributed by atoms with van der Waals surface area (Å²) in [4.78, 5) is 9.25. The Balaban J connectivity index is 1.15. The van der Waals surface area contributed by atoms with Gasteiger partial charge in [-0.1, -0.05) is 127 Å². The van der Waals surface area contributed by atoms with Gasteiger partial charge in [-0.3, -0.25) is 4.98 Å². The van der Waals surface area contributed by atoms with Crippen LogP contribution in [0.4, 0.5) is 5.69 Å². The second-order valence-corrected chi connectivity index (χ2v) is 22.6. The highest BCUT2D eigenvalue weighted by Gasteiger charge is 2.34. The fraction of sp³-hybridized carbons (Fsp3) is 0. The van der Waals surface area contributed by atoms with Crippen LogP contribution in [-0.2, 0) is 0 Å². The maximum atomic E-state index is 12.2. The summed E-state index contributed by atoms with van der Waals surface area (Å²) < 4.78 is 14.3. The molecule has 0 saturated heterocycles. The highest BCUT2D eigenvalue weighted by atomic mass is 32.1. The maximum absolute atomic E-state index is 12.2. The summed E-state index contributed by atoms with van der Waals surface area (Å²) in [5, 5.41) is 26.1. The first kappa shape index (κ1) is 41.8. The number of nitrogens with zero attached hydrogens (tertiary/aromatic N) is 6. The van der Waals surface area contributed by atoms with Crippen LogP contribution in [0.2, 0.25) is 0 Å². The molecule has 17 rings (SSSR count). The number of nitriles is 1. The van der Waals surface area contributed by atoms with Crippen LogP contribution in [0.3, 0.4) is 0 Å². The van der Waals surface area contributed by atoms with Gasteiger partial charge in [-0.05, 0) is 72.3 Å². The van der Waals surface area contributed by atoms with Crippen molar-refractivity contribution in [3.63, 3.8) is 0 Å². The van der Waals surface area contributed by atoms with Crippen molar-refractivity contribution in [1.82, 2.24) is 18.7 Å². The Hall–Kier alpha value is -9.61. The van der Waals surface area contributed by atoms with Gasteiger partial charge in [-0.2, -0.15) is 5.26 Å². The van der Waals surface area contributed by atoms with Crippen molar-refractivity contribution < 1.29 is 0 Å². The molecule has 7 heterocycles. The number of rotatable bonds is 4. The van der Waals surface area contributed by atoms with Crippen molar-refractivity contribution >= 4 is 166 Å². The van der Waals surface area contributed by atoms with Gasteiger partial charge in [0, 0.05) is 111 Å². The highest BCUT2D eigenvalue weighted by Crippen LogP contribution is 2.55. The molecule has 0 spiro atoms. The molecule has 9 heteroatoms. The number of fused-ring (bicyclic) bond motifs is 21. The van der Waals surface area contributed by atoms with E-state index >= 15 is 0 Å². The van der Waals surface area contributed by atoms with Gasteiger partial charge in [0.25, 0.3) is 0 Å². The molecule has 0 fully saturated rings. The topological polar surface area (TPSA) is 55.8 Å². The van der Waals surface area contributed by atoms with Crippen molar-refractivity contribution in [2.75, 3.05) is 0 Å². The standard InChI is InChI=1S/C67H34N6S3/c1-69-61-47(36-68)62(71-48-20-8-2-17-44(48)58-51(71)29-26-41-38-14-5-11-23-54(38)74-65(41)58)57(37-32-34-70-35-33-37)63(72-49-21-9-3-18-45(49)59-52(72)30-27-42-39-15-6-12-24-55(39)75-66(42)59)64(61)73-50-22-10-4-19-46(50)60-53(73)31-28-43-40-16-7-13-25-56(40)76-67(43)60/h2-35H. The Morgan fingerprint density at radius 1 is 0.382 bits per heavy atom. The third-order valence-electron chi connectivity index (χ3n) is 15.8. The Morgan fingerprint density at radius 3 is 1.16 bits per heavy atom. The first-order valence-electron chi connectivity index (χ1n) is 25.1. The SMILES string of the molecule is [C-]#[N+]c1c(C#N)c(-n2c3ccccc3c3c4sc5ccccc5c4ccc32)c(-c2ccncc2)c(-n2c3ccccc3c3c4sc5ccccc5c4ccc32)c1-n1c2ccccc2c2c3sc4ccccc4c3ccc21. The van der Waals surface area contributed by atoms with Gasteiger partial charge < -0.3 is 13.7 Å². The monoisotopic (exact) mass is 1020 g/mol. The van der Waals surface area contributed by atoms with Crippen LogP contribution in [0.1, 0.15) is 5.56 Å². The summed E-state index contributed by atoms with van der Waals surface area (Å²) in [6, 6.07) is 72.2. The third kappa shape index (κ3) is 5.38. The van der Waals surface area contributed by atoms with E-state index in [2.05, 4.69) is 224 Å². The number of benzene rings is 10. The van der Waals surface area contributed by atoms with Gasteiger partial charge in [-0.25, -0.2) is 4.85 Å². The van der Waals surface area contributed by atoms with E-state index in [1.165, 1.54) is 60.5 Å². The van der Waals surface area contributed by atoms with Crippen LogP contribution in [0.25, 0.3) is 159 Å². The van der Waals surface area contributed by atoms with E-state index in [0.29, 0.717) is 16.9 Å². The Labute approximate surface area is 444 Å². The molecule has 350 valence electrons. The summed E-state index contributed by atoms with van der Waals surface area (Å²) in [6.45, 7) is 9.60. The van der Waals surface area contributed by atoms with Crippen molar-refractivity contribution in [2.24, 2.45) is 0 Å². The van der Waals surface area contributed by atoms with Crippen LogP contribution < -0.4 is 0 Å². The lowest BCUT2D eigenvalue weighted by Crippen LogP contribution is -2.12. The second kappa shape index (κ2) is 15.5. The molecule has 0 radical (unpaired) electrons. The minimum Gasteiger partial charge on any atom is -0.317 e. The molecule has 10 aromatic carbocycles. The molecule has 0 aliphatic heterocycles. The Bertz CT molecular complexity index is 5510. The van der Waals surface area contributed by atoms with E-state index in [4.69, 9.17) is 0 Å². The molecule has 0 aliphatic rings. The molecular weight excluding hydrogens is 985 g/mol. The van der Waals surface area contributed by atoms with Crippen molar-refractivity contribution in [3.8, 4) is 34.3 Å². The first-order valence-corrected chi connectivity index (χ1v) is 27.6. The largest absolute Gasteiger partial charge is 0.317 e. The fourth-order valence-corrected chi connectivity index (χ4v) is 16.6. The molecule has 0 atom stereocenters. The van der Waals surface area contributed by atoms with Crippen LogP contribution in [0, 0.1) is 17.9 Å². The molecule has 6 nitrogen and oxygen atoms in total. The summed E-state index contributed by atoms with van der Waals surface area (Å²) in [7, 11) is 0.